The fraction of sp³-hybridized carbons (Fsp3) is 0.300. The molecule has 3 heterocycles. The van der Waals surface area contributed by atoms with E-state index in [0.29, 0.717) is 47.1 Å². The summed E-state index contributed by atoms with van der Waals surface area (Å²) in [6.45, 7) is 1.87. The summed E-state index contributed by atoms with van der Waals surface area (Å²) in [5.41, 5.74) is 4.75. The van der Waals surface area contributed by atoms with E-state index in [-0.39, 0.29) is 11.9 Å². The lowest BCUT2D eigenvalue weighted by atomic mass is 9.49. The number of aromatic amines is 1. The van der Waals surface area contributed by atoms with Gasteiger partial charge in [-0.1, -0.05) is 54.6 Å². The van der Waals surface area contributed by atoms with Crippen LogP contribution in [-0.2, 0) is 18.3 Å². The average Bonchev–Trinajstić information content (AvgIpc) is 3.75. The van der Waals surface area contributed by atoms with E-state index >= 15 is 0 Å². The van der Waals surface area contributed by atoms with Crippen molar-refractivity contribution in [3.63, 3.8) is 0 Å². The number of nitrogens with one attached hydrogen (secondary N) is 2. The highest BCUT2D eigenvalue weighted by Crippen LogP contribution is 2.69. The smallest absolute Gasteiger partial charge is 0.343 e. The summed E-state index contributed by atoms with van der Waals surface area (Å²) in [7, 11) is 0. The van der Waals surface area contributed by atoms with Crippen LogP contribution < -0.4 is 14.8 Å². The van der Waals surface area contributed by atoms with Crippen LogP contribution in [0.3, 0.4) is 0 Å². The second-order valence-electron chi connectivity index (χ2n) is 14.2. The molecule has 8 nitrogen and oxygen atoms in total. The number of hydrogen-bond donors (Lipinski definition) is 3. The molecule has 2 bridgehead atoms. The molecule has 1 saturated carbocycles. The number of amides is 1. The number of fused-ring (bicyclic) bond motifs is 4. The Morgan fingerprint density at radius 3 is 2.50 bits per heavy atom. The molecule has 48 heavy (non-hydrogen) atoms. The number of hydrogen-bond acceptors (Lipinski definition) is 6. The van der Waals surface area contributed by atoms with Gasteiger partial charge >= 0.3 is 5.97 Å². The molecule has 240 valence electrons. The van der Waals surface area contributed by atoms with Gasteiger partial charge in [0.05, 0.1) is 33.5 Å². The van der Waals surface area contributed by atoms with Crippen molar-refractivity contribution in [1.29, 1.82) is 0 Å². The maximum atomic E-state index is 13.3. The molecule has 4 atom stereocenters. The van der Waals surface area contributed by atoms with E-state index in [0.717, 1.165) is 52.8 Å². The van der Waals surface area contributed by atoms with Crippen LogP contribution in [0, 0.1) is 5.92 Å². The minimum Gasteiger partial charge on any atom is -0.479 e. The Kier molecular flexibility index (Phi) is 5.89. The van der Waals surface area contributed by atoms with E-state index in [1.807, 2.05) is 54.6 Å². The Morgan fingerprint density at radius 1 is 0.958 bits per heavy atom. The number of carbonyl (C=O) groups is 2. The molecular weight excluding hydrogens is 602 g/mol. The summed E-state index contributed by atoms with van der Waals surface area (Å²) in [4.78, 5) is 32.8. The zero-order chi connectivity index (χ0) is 32.2. The number of ether oxygens (including phenoxy) is 2. The highest BCUT2D eigenvalue weighted by Gasteiger charge is 2.73. The maximum Gasteiger partial charge on any atom is 0.343 e. The molecule has 5 aromatic rings. The van der Waals surface area contributed by atoms with Crippen molar-refractivity contribution < 1.29 is 24.2 Å². The molecule has 0 unspecified atom stereocenters. The molecule has 8 heteroatoms. The Balaban J connectivity index is 1.12. The van der Waals surface area contributed by atoms with E-state index < -0.39 is 23.1 Å². The van der Waals surface area contributed by atoms with E-state index in [4.69, 9.17) is 9.47 Å². The van der Waals surface area contributed by atoms with Crippen molar-refractivity contribution in [1.82, 2.24) is 9.88 Å². The largest absolute Gasteiger partial charge is 0.479 e. The first-order valence-corrected chi connectivity index (χ1v) is 17.0. The van der Waals surface area contributed by atoms with Crippen molar-refractivity contribution >= 4 is 28.5 Å². The SMILES string of the molecule is O=C(Nc1cccc2c3c([nH]c12)[C@@H]1Oc2c(OC(=O)c4ccccc4)ccc4c2[C@@]12CCN(CC1CC1)[C@H](C4)[C@]2(O)C3)c1ccccc1. The quantitative estimate of drug-likeness (QED) is 0.148. The molecule has 5 aliphatic rings. The van der Waals surface area contributed by atoms with Gasteiger partial charge in [-0.15, -0.1) is 0 Å². The summed E-state index contributed by atoms with van der Waals surface area (Å²) < 4.78 is 13.1. The Bertz CT molecular complexity index is 2140. The number of benzene rings is 4. The van der Waals surface area contributed by atoms with Crippen molar-refractivity contribution in [2.75, 3.05) is 18.4 Å². The Labute approximate surface area is 277 Å². The number of piperidine rings is 1. The molecule has 3 aliphatic carbocycles. The summed E-state index contributed by atoms with van der Waals surface area (Å²) in [6, 6.07) is 27.9. The minimum atomic E-state index is -1.11. The molecule has 1 spiro atoms. The van der Waals surface area contributed by atoms with Crippen molar-refractivity contribution in [2.45, 2.75) is 55.3 Å². The number of aliphatic hydroxyl groups is 1. The van der Waals surface area contributed by atoms with Gasteiger partial charge < -0.3 is 24.9 Å². The number of anilines is 1. The summed E-state index contributed by atoms with van der Waals surface area (Å²) in [6.07, 6.45) is 3.86. The summed E-state index contributed by atoms with van der Waals surface area (Å²) in [5.74, 6) is 0.987. The van der Waals surface area contributed by atoms with E-state index in [1.54, 1.807) is 24.3 Å². The van der Waals surface area contributed by atoms with Gasteiger partial charge in [-0.3, -0.25) is 9.69 Å². The molecule has 1 amide bonds. The molecule has 0 radical (unpaired) electrons. The van der Waals surface area contributed by atoms with Crippen molar-refractivity contribution in [3.8, 4) is 11.5 Å². The molecule has 2 aliphatic heterocycles. The van der Waals surface area contributed by atoms with Crippen LogP contribution in [0.2, 0.25) is 0 Å². The molecule has 10 rings (SSSR count). The zero-order valence-electron chi connectivity index (χ0n) is 26.4. The van der Waals surface area contributed by atoms with Crippen LogP contribution >= 0.6 is 0 Å². The third-order valence-electron chi connectivity index (χ3n) is 11.7. The van der Waals surface area contributed by atoms with Gasteiger partial charge in [-0.25, -0.2) is 4.79 Å². The van der Waals surface area contributed by atoms with Crippen LogP contribution in [0.15, 0.2) is 91.0 Å². The van der Waals surface area contributed by atoms with Gasteiger partial charge in [0, 0.05) is 35.5 Å². The third kappa shape index (κ3) is 3.84. The molecule has 3 N–H and O–H groups in total. The summed E-state index contributed by atoms with van der Waals surface area (Å²) in [5, 5.41) is 17.4. The van der Waals surface area contributed by atoms with Gasteiger partial charge in [-0.2, -0.15) is 0 Å². The lowest BCUT2D eigenvalue weighted by Gasteiger charge is -2.62. The third-order valence-corrected chi connectivity index (χ3v) is 11.7. The highest BCUT2D eigenvalue weighted by atomic mass is 16.6. The topological polar surface area (TPSA) is 104 Å². The Morgan fingerprint density at radius 2 is 1.73 bits per heavy atom. The standard InChI is InChI=1S/C40H35N3O5/c44-37(24-8-3-1-4-9-24)41-29-13-7-12-27-28-21-40(46)31-20-26-16-17-30(47-38(45)25-10-5-2-6-11-25)35-32(26)39(40,18-19-43(31)22-23-14-15-23)36(48-35)34(28)42-33(27)29/h1-13,16-17,23,31,36,42,46H,14-15,18-22H2,(H,41,44)/t31-,36+,39+,40-/m1/s1. The number of rotatable bonds is 6. The normalized spacial score (nSPS) is 26.4. The number of likely N-dealkylation sites (tertiary alicyclic amines) is 1. The van der Waals surface area contributed by atoms with Crippen LogP contribution in [0.1, 0.15) is 68.5 Å². The molecular formula is C40H35N3O5. The lowest BCUT2D eigenvalue weighted by molar-refractivity contribution is -0.173. The van der Waals surface area contributed by atoms with Gasteiger partial charge in [0.2, 0.25) is 0 Å². The highest BCUT2D eigenvalue weighted by molar-refractivity contribution is 6.09. The first kappa shape index (κ1) is 28.1. The molecule has 4 aromatic carbocycles. The lowest BCUT2D eigenvalue weighted by Crippen LogP contribution is -2.74. The predicted octanol–water partition coefficient (Wildman–Crippen LogP) is 6.34. The van der Waals surface area contributed by atoms with Crippen LogP contribution in [0.25, 0.3) is 10.9 Å². The fourth-order valence-electron chi connectivity index (χ4n) is 9.34. The second-order valence-corrected chi connectivity index (χ2v) is 14.2. The number of nitrogens with zero attached hydrogens (tertiary/aromatic N) is 1. The minimum absolute atomic E-state index is 0.0758. The zero-order valence-corrected chi connectivity index (χ0v) is 26.4. The maximum absolute atomic E-state index is 13.3. The Hall–Kier alpha value is -4.92. The second kappa shape index (κ2) is 10.0. The van der Waals surface area contributed by atoms with Crippen LogP contribution in [0.4, 0.5) is 5.69 Å². The number of H-pyrrole nitrogens is 1. The number of para-hydroxylation sites is 1. The first-order chi connectivity index (χ1) is 23.4. The van der Waals surface area contributed by atoms with Crippen molar-refractivity contribution in [3.05, 3.63) is 125 Å². The average molecular weight is 638 g/mol. The van der Waals surface area contributed by atoms with E-state index in [9.17, 15) is 14.7 Å². The van der Waals surface area contributed by atoms with Gasteiger partial charge in [-0.05, 0) is 85.7 Å². The number of esters is 1. The van der Waals surface area contributed by atoms with E-state index in [1.165, 1.54) is 12.8 Å². The van der Waals surface area contributed by atoms with Gasteiger partial charge in [0.1, 0.15) is 0 Å². The van der Waals surface area contributed by atoms with Crippen molar-refractivity contribution in [2.24, 2.45) is 5.92 Å². The predicted molar refractivity (Wildman–Crippen MR) is 181 cm³/mol. The summed E-state index contributed by atoms with van der Waals surface area (Å²) >= 11 is 0. The van der Waals surface area contributed by atoms with E-state index in [2.05, 4.69) is 27.3 Å². The molecule has 1 saturated heterocycles. The molecule has 1 aromatic heterocycles. The first-order valence-electron chi connectivity index (χ1n) is 17.0. The molecule has 2 fully saturated rings. The number of aromatic nitrogens is 1. The number of carbonyl (C=O) groups excluding carboxylic acids is 2. The van der Waals surface area contributed by atoms with Crippen LogP contribution in [-0.4, -0.2) is 51.6 Å². The monoisotopic (exact) mass is 637 g/mol. The fourth-order valence-corrected chi connectivity index (χ4v) is 9.34. The van der Waals surface area contributed by atoms with Gasteiger partial charge in [0.25, 0.3) is 5.91 Å². The van der Waals surface area contributed by atoms with Crippen LogP contribution in [0.5, 0.6) is 11.5 Å². The van der Waals surface area contributed by atoms with Gasteiger partial charge in [0.15, 0.2) is 17.6 Å².